The van der Waals surface area contributed by atoms with Gasteiger partial charge in [-0.05, 0) is 49.1 Å². The van der Waals surface area contributed by atoms with Crippen LogP contribution in [0.25, 0.3) is 0 Å². The SMILES string of the molecule is CCC(N)Cc1cc(OC)ccc1OC/C(C)=C/Cl. The average molecular weight is 284 g/mol. The maximum absolute atomic E-state index is 6.02. The lowest BCUT2D eigenvalue weighted by Gasteiger charge is -2.15. The molecule has 0 aromatic heterocycles. The maximum Gasteiger partial charge on any atom is 0.123 e. The molecule has 3 nitrogen and oxygen atoms in total. The van der Waals surface area contributed by atoms with Crippen molar-refractivity contribution < 1.29 is 9.47 Å². The van der Waals surface area contributed by atoms with E-state index in [-0.39, 0.29) is 6.04 Å². The van der Waals surface area contributed by atoms with Gasteiger partial charge in [0, 0.05) is 11.6 Å². The second-order valence-electron chi connectivity index (χ2n) is 4.59. The fourth-order valence-electron chi connectivity index (χ4n) is 1.63. The van der Waals surface area contributed by atoms with E-state index in [4.69, 9.17) is 26.8 Å². The van der Waals surface area contributed by atoms with Crippen LogP contribution in [0.15, 0.2) is 29.3 Å². The topological polar surface area (TPSA) is 44.5 Å². The Balaban J connectivity index is 2.88. The molecule has 0 amide bonds. The van der Waals surface area contributed by atoms with Crippen molar-refractivity contribution >= 4 is 11.6 Å². The van der Waals surface area contributed by atoms with Gasteiger partial charge in [0.15, 0.2) is 0 Å². The Kier molecular flexibility index (Phi) is 6.74. The number of halogens is 1. The summed E-state index contributed by atoms with van der Waals surface area (Å²) in [6, 6.07) is 5.90. The van der Waals surface area contributed by atoms with Crippen molar-refractivity contribution in [3.8, 4) is 11.5 Å². The van der Waals surface area contributed by atoms with Gasteiger partial charge in [-0.15, -0.1) is 0 Å². The number of hydrogen-bond acceptors (Lipinski definition) is 3. The van der Waals surface area contributed by atoms with E-state index < -0.39 is 0 Å². The summed E-state index contributed by atoms with van der Waals surface area (Å²) in [5.41, 5.74) is 9.59. The van der Waals surface area contributed by atoms with E-state index in [0.717, 1.165) is 35.5 Å². The Morgan fingerprint density at radius 3 is 2.79 bits per heavy atom. The molecule has 1 aromatic carbocycles. The van der Waals surface area contributed by atoms with Crippen LogP contribution in [-0.4, -0.2) is 19.8 Å². The zero-order valence-electron chi connectivity index (χ0n) is 11.8. The molecule has 0 radical (unpaired) electrons. The second kappa shape index (κ2) is 8.08. The molecule has 0 fully saturated rings. The van der Waals surface area contributed by atoms with Crippen molar-refractivity contribution in [2.75, 3.05) is 13.7 Å². The quantitative estimate of drug-likeness (QED) is 0.833. The molecule has 19 heavy (non-hydrogen) atoms. The molecule has 1 aromatic rings. The molecule has 0 spiro atoms. The maximum atomic E-state index is 6.02. The van der Waals surface area contributed by atoms with E-state index >= 15 is 0 Å². The third kappa shape index (κ3) is 5.13. The van der Waals surface area contributed by atoms with Gasteiger partial charge in [-0.2, -0.15) is 0 Å². The van der Waals surface area contributed by atoms with Crippen molar-refractivity contribution in [2.45, 2.75) is 32.7 Å². The molecule has 0 saturated carbocycles. The number of benzene rings is 1. The van der Waals surface area contributed by atoms with E-state index in [9.17, 15) is 0 Å². The van der Waals surface area contributed by atoms with Crippen LogP contribution in [0.4, 0.5) is 0 Å². The van der Waals surface area contributed by atoms with Gasteiger partial charge in [0.05, 0.1) is 7.11 Å². The first-order chi connectivity index (χ1) is 9.10. The highest BCUT2D eigenvalue weighted by atomic mass is 35.5. The van der Waals surface area contributed by atoms with Crippen LogP contribution < -0.4 is 15.2 Å². The molecular weight excluding hydrogens is 262 g/mol. The summed E-state index contributed by atoms with van der Waals surface area (Å²) in [6.07, 6.45) is 1.70. The van der Waals surface area contributed by atoms with Crippen molar-refractivity contribution in [3.63, 3.8) is 0 Å². The fourth-order valence-corrected chi connectivity index (χ4v) is 1.70. The highest BCUT2D eigenvalue weighted by Crippen LogP contribution is 2.26. The number of ether oxygens (including phenoxy) is 2. The molecule has 1 unspecified atom stereocenters. The normalized spacial score (nSPS) is 13.2. The highest BCUT2D eigenvalue weighted by Gasteiger charge is 2.10. The van der Waals surface area contributed by atoms with Gasteiger partial charge in [-0.25, -0.2) is 0 Å². The van der Waals surface area contributed by atoms with Crippen LogP contribution in [0.1, 0.15) is 25.8 Å². The van der Waals surface area contributed by atoms with Gasteiger partial charge >= 0.3 is 0 Å². The number of rotatable bonds is 7. The lowest BCUT2D eigenvalue weighted by Crippen LogP contribution is -2.21. The first-order valence-electron chi connectivity index (χ1n) is 6.41. The summed E-state index contributed by atoms with van der Waals surface area (Å²) in [6.45, 7) is 4.48. The van der Waals surface area contributed by atoms with E-state index in [2.05, 4.69) is 6.92 Å². The van der Waals surface area contributed by atoms with Gasteiger partial charge in [-0.3, -0.25) is 0 Å². The monoisotopic (exact) mass is 283 g/mol. The van der Waals surface area contributed by atoms with Crippen molar-refractivity contribution in [1.82, 2.24) is 0 Å². The van der Waals surface area contributed by atoms with Crippen molar-refractivity contribution in [1.29, 1.82) is 0 Å². The van der Waals surface area contributed by atoms with E-state index in [1.54, 1.807) is 7.11 Å². The van der Waals surface area contributed by atoms with E-state index in [1.165, 1.54) is 5.54 Å². The first-order valence-corrected chi connectivity index (χ1v) is 6.85. The Morgan fingerprint density at radius 2 is 2.21 bits per heavy atom. The summed E-state index contributed by atoms with van der Waals surface area (Å²) < 4.78 is 11.0. The zero-order valence-corrected chi connectivity index (χ0v) is 12.5. The van der Waals surface area contributed by atoms with Crippen LogP contribution in [0.5, 0.6) is 11.5 Å². The van der Waals surface area contributed by atoms with Crippen LogP contribution in [0.2, 0.25) is 0 Å². The van der Waals surface area contributed by atoms with Crippen LogP contribution in [-0.2, 0) is 6.42 Å². The molecule has 1 atom stereocenters. The molecule has 0 aliphatic rings. The van der Waals surface area contributed by atoms with Gasteiger partial charge in [0.25, 0.3) is 0 Å². The fraction of sp³-hybridized carbons (Fsp3) is 0.467. The summed E-state index contributed by atoms with van der Waals surface area (Å²) in [7, 11) is 1.65. The molecule has 0 bridgehead atoms. The first kappa shape index (κ1) is 15.9. The smallest absolute Gasteiger partial charge is 0.123 e. The Morgan fingerprint density at radius 1 is 1.47 bits per heavy atom. The zero-order chi connectivity index (χ0) is 14.3. The minimum Gasteiger partial charge on any atom is -0.497 e. The molecule has 4 heteroatoms. The molecule has 106 valence electrons. The average Bonchev–Trinajstić information content (AvgIpc) is 2.45. The van der Waals surface area contributed by atoms with E-state index in [1.807, 2.05) is 25.1 Å². The molecule has 0 aliphatic heterocycles. The van der Waals surface area contributed by atoms with Gasteiger partial charge in [-0.1, -0.05) is 18.5 Å². The van der Waals surface area contributed by atoms with Crippen LogP contribution in [0, 0.1) is 0 Å². The molecule has 2 N–H and O–H groups in total. The standard InChI is InChI=1S/C15H22ClNO2/c1-4-13(17)7-12-8-14(18-3)5-6-15(12)19-10-11(2)9-16/h5-6,8-9,13H,4,7,10,17H2,1-3H3/b11-9+. The molecular formula is C15H22ClNO2. The van der Waals surface area contributed by atoms with Gasteiger partial charge < -0.3 is 15.2 Å². The Hall–Kier alpha value is -1.19. The van der Waals surface area contributed by atoms with Crippen molar-refractivity contribution in [3.05, 3.63) is 34.9 Å². The lowest BCUT2D eigenvalue weighted by atomic mass is 10.0. The summed E-state index contributed by atoms with van der Waals surface area (Å²) in [5, 5.41) is 0. The third-order valence-corrected chi connectivity index (χ3v) is 3.29. The minimum atomic E-state index is 0.124. The van der Waals surface area contributed by atoms with Gasteiger partial charge in [0.2, 0.25) is 0 Å². The highest BCUT2D eigenvalue weighted by molar-refractivity contribution is 6.25. The number of nitrogens with two attached hydrogens (primary N) is 1. The summed E-state index contributed by atoms with van der Waals surface area (Å²) >= 11 is 5.63. The minimum absolute atomic E-state index is 0.124. The molecule has 0 heterocycles. The number of methoxy groups -OCH3 is 1. The predicted molar refractivity (Wildman–Crippen MR) is 80.1 cm³/mol. The lowest BCUT2D eigenvalue weighted by molar-refractivity contribution is 0.345. The summed E-state index contributed by atoms with van der Waals surface area (Å²) in [5.74, 6) is 1.65. The van der Waals surface area contributed by atoms with Crippen LogP contribution in [0.3, 0.4) is 0 Å². The third-order valence-electron chi connectivity index (χ3n) is 2.92. The Labute approximate surface area is 120 Å². The molecule has 0 aliphatic carbocycles. The predicted octanol–water partition coefficient (Wildman–Crippen LogP) is 3.50. The molecule has 1 rings (SSSR count). The van der Waals surface area contributed by atoms with E-state index in [0.29, 0.717) is 6.61 Å². The largest absolute Gasteiger partial charge is 0.497 e. The molecule has 0 saturated heterocycles. The van der Waals surface area contributed by atoms with Gasteiger partial charge in [0.1, 0.15) is 18.1 Å². The Bertz CT molecular complexity index is 432. The second-order valence-corrected chi connectivity index (χ2v) is 4.81. The number of hydrogen-bond donors (Lipinski definition) is 1. The summed E-state index contributed by atoms with van der Waals surface area (Å²) in [4.78, 5) is 0. The van der Waals surface area contributed by atoms with Crippen LogP contribution >= 0.6 is 11.6 Å². The van der Waals surface area contributed by atoms with Crippen molar-refractivity contribution in [2.24, 2.45) is 5.73 Å².